The molecule has 3 rings (SSSR count). The van der Waals surface area contributed by atoms with Crippen LogP contribution in [0.25, 0.3) is 0 Å². The second-order valence-electron chi connectivity index (χ2n) is 5.35. The molecule has 21 heavy (non-hydrogen) atoms. The van der Waals surface area contributed by atoms with E-state index in [0.29, 0.717) is 5.69 Å². The molecule has 1 N–H and O–H groups in total. The summed E-state index contributed by atoms with van der Waals surface area (Å²) in [5.74, 6) is -0.506. The Labute approximate surface area is 131 Å². The third-order valence-corrected chi connectivity index (χ3v) is 5.43. The Morgan fingerprint density at radius 1 is 1.29 bits per heavy atom. The maximum atomic E-state index is 13.2. The highest BCUT2D eigenvalue weighted by Crippen LogP contribution is 2.44. The molecule has 1 aliphatic rings. The Hall–Kier alpha value is -1.39. The van der Waals surface area contributed by atoms with Gasteiger partial charge in [-0.05, 0) is 42.5 Å². The van der Waals surface area contributed by atoms with E-state index in [2.05, 4.69) is 5.32 Å². The van der Waals surface area contributed by atoms with Gasteiger partial charge in [0.25, 0.3) is 0 Å². The second kappa shape index (κ2) is 5.78. The Kier molecular flexibility index (Phi) is 4.00. The second-order valence-corrected chi connectivity index (χ2v) is 6.70. The van der Waals surface area contributed by atoms with Crippen molar-refractivity contribution >= 4 is 34.5 Å². The maximum Gasteiger partial charge on any atom is 0.235 e. The molecule has 0 radical (unpaired) electrons. The summed E-state index contributed by atoms with van der Waals surface area (Å²) < 4.78 is 13.2. The minimum Gasteiger partial charge on any atom is -0.325 e. The van der Waals surface area contributed by atoms with Gasteiger partial charge in [0.15, 0.2) is 0 Å². The molecular formula is C16H15ClFNOS. The molecule has 0 bridgehead atoms. The first-order valence-corrected chi connectivity index (χ1v) is 8.18. The Morgan fingerprint density at radius 2 is 2.05 bits per heavy atom. The molecule has 0 atom stereocenters. The monoisotopic (exact) mass is 323 g/mol. The van der Waals surface area contributed by atoms with Crippen LogP contribution in [0.4, 0.5) is 10.1 Å². The van der Waals surface area contributed by atoms with E-state index in [9.17, 15) is 9.18 Å². The Bertz CT molecular complexity index is 650. The molecule has 1 heterocycles. The lowest BCUT2D eigenvalue weighted by Crippen LogP contribution is -2.37. The van der Waals surface area contributed by atoms with Gasteiger partial charge in [0, 0.05) is 10.6 Å². The highest BCUT2D eigenvalue weighted by atomic mass is 35.5. The average molecular weight is 324 g/mol. The molecule has 2 nitrogen and oxygen atoms in total. The van der Waals surface area contributed by atoms with Gasteiger partial charge in [-0.3, -0.25) is 4.79 Å². The Balaban J connectivity index is 1.87. The van der Waals surface area contributed by atoms with Gasteiger partial charge in [0.05, 0.1) is 10.4 Å². The van der Waals surface area contributed by atoms with Gasteiger partial charge in [-0.2, -0.15) is 0 Å². The van der Waals surface area contributed by atoms with Crippen LogP contribution in [-0.2, 0) is 10.2 Å². The van der Waals surface area contributed by atoms with Crippen molar-refractivity contribution in [3.63, 3.8) is 0 Å². The molecule has 0 unspecified atom stereocenters. The van der Waals surface area contributed by atoms with Crippen LogP contribution in [0.5, 0.6) is 0 Å². The molecule has 1 aliphatic carbocycles. The van der Waals surface area contributed by atoms with E-state index >= 15 is 0 Å². The van der Waals surface area contributed by atoms with E-state index in [1.807, 2.05) is 17.5 Å². The molecule has 0 spiro atoms. The van der Waals surface area contributed by atoms with Gasteiger partial charge in [0.1, 0.15) is 5.82 Å². The van der Waals surface area contributed by atoms with Gasteiger partial charge < -0.3 is 5.32 Å². The first kappa shape index (κ1) is 14.5. The number of hydrogen-bond donors (Lipinski definition) is 1. The zero-order valence-electron chi connectivity index (χ0n) is 11.4. The van der Waals surface area contributed by atoms with E-state index in [0.717, 1.165) is 30.6 Å². The van der Waals surface area contributed by atoms with Gasteiger partial charge in [0.2, 0.25) is 5.91 Å². The fourth-order valence-corrected chi connectivity index (χ4v) is 4.10. The summed E-state index contributed by atoms with van der Waals surface area (Å²) in [6.07, 6.45) is 3.81. The van der Waals surface area contributed by atoms with Crippen molar-refractivity contribution in [1.29, 1.82) is 0 Å². The van der Waals surface area contributed by atoms with Crippen molar-refractivity contribution in [2.45, 2.75) is 31.1 Å². The van der Waals surface area contributed by atoms with E-state index in [4.69, 9.17) is 11.6 Å². The number of halogens is 2. The third-order valence-electron chi connectivity index (χ3n) is 4.06. The van der Waals surface area contributed by atoms with Crippen LogP contribution in [0.15, 0.2) is 35.7 Å². The van der Waals surface area contributed by atoms with Crippen molar-refractivity contribution in [2.24, 2.45) is 0 Å². The number of amides is 1. The molecule has 1 aromatic heterocycles. The summed E-state index contributed by atoms with van der Waals surface area (Å²) in [5.41, 5.74) is 0.0869. The van der Waals surface area contributed by atoms with E-state index in [1.54, 1.807) is 11.3 Å². The minimum atomic E-state index is -0.483. The highest BCUT2D eigenvalue weighted by molar-refractivity contribution is 7.10. The topological polar surface area (TPSA) is 29.1 Å². The summed E-state index contributed by atoms with van der Waals surface area (Å²) in [6.45, 7) is 0. The number of benzene rings is 1. The molecule has 1 fully saturated rings. The molecule has 110 valence electrons. The highest BCUT2D eigenvalue weighted by Gasteiger charge is 2.43. The summed E-state index contributed by atoms with van der Waals surface area (Å²) in [7, 11) is 0. The number of hydrogen-bond acceptors (Lipinski definition) is 2. The standard InChI is InChI=1S/C16H15ClFNOS/c17-12-10-11(5-6-13(12)18)19-15(20)16(7-1-2-8-16)14-4-3-9-21-14/h3-6,9-10H,1-2,7-8H2,(H,19,20). The van der Waals surface area contributed by atoms with Gasteiger partial charge >= 0.3 is 0 Å². The summed E-state index contributed by atoms with van der Waals surface area (Å²) in [4.78, 5) is 13.9. The van der Waals surface area contributed by atoms with Crippen molar-refractivity contribution in [1.82, 2.24) is 0 Å². The maximum absolute atomic E-state index is 13.2. The fourth-order valence-electron chi connectivity index (χ4n) is 2.94. The largest absolute Gasteiger partial charge is 0.325 e. The van der Waals surface area contributed by atoms with Crippen molar-refractivity contribution in [3.8, 4) is 0 Å². The van der Waals surface area contributed by atoms with E-state index in [-0.39, 0.29) is 10.9 Å². The quantitative estimate of drug-likeness (QED) is 0.847. The van der Waals surface area contributed by atoms with Crippen LogP contribution < -0.4 is 5.32 Å². The summed E-state index contributed by atoms with van der Waals surface area (Å²) in [6, 6.07) is 8.25. The lowest BCUT2D eigenvalue weighted by molar-refractivity contribution is -0.121. The summed E-state index contributed by atoms with van der Waals surface area (Å²) in [5, 5.41) is 4.91. The number of nitrogens with one attached hydrogen (secondary N) is 1. The summed E-state index contributed by atoms with van der Waals surface area (Å²) >= 11 is 7.38. The van der Waals surface area contributed by atoms with Crippen LogP contribution in [-0.4, -0.2) is 5.91 Å². The van der Waals surface area contributed by atoms with Crippen LogP contribution in [0, 0.1) is 5.82 Å². The average Bonchev–Trinajstić information content (AvgIpc) is 3.13. The van der Waals surface area contributed by atoms with Gasteiger partial charge in [-0.1, -0.05) is 30.5 Å². The lowest BCUT2D eigenvalue weighted by Gasteiger charge is -2.26. The molecule has 5 heteroatoms. The predicted molar refractivity (Wildman–Crippen MR) is 84.5 cm³/mol. The number of rotatable bonds is 3. The number of thiophene rings is 1. The number of carbonyl (C=O) groups excluding carboxylic acids is 1. The molecule has 1 saturated carbocycles. The molecule has 1 amide bonds. The van der Waals surface area contributed by atoms with E-state index in [1.165, 1.54) is 18.2 Å². The first-order valence-electron chi connectivity index (χ1n) is 6.92. The number of carbonyl (C=O) groups is 1. The van der Waals surface area contributed by atoms with Gasteiger partial charge in [-0.25, -0.2) is 4.39 Å². The number of anilines is 1. The molecule has 0 saturated heterocycles. The molecular weight excluding hydrogens is 309 g/mol. The van der Waals surface area contributed by atoms with Crippen molar-refractivity contribution in [3.05, 3.63) is 51.4 Å². The first-order chi connectivity index (χ1) is 10.1. The van der Waals surface area contributed by atoms with Crippen LogP contribution in [0.3, 0.4) is 0 Å². The minimum absolute atomic E-state index is 0.0180. The molecule has 1 aromatic carbocycles. The smallest absolute Gasteiger partial charge is 0.235 e. The zero-order chi connectivity index (χ0) is 14.9. The van der Waals surface area contributed by atoms with Crippen LogP contribution in [0.1, 0.15) is 30.6 Å². The van der Waals surface area contributed by atoms with Crippen molar-refractivity contribution in [2.75, 3.05) is 5.32 Å². The van der Waals surface area contributed by atoms with E-state index < -0.39 is 11.2 Å². The lowest BCUT2D eigenvalue weighted by atomic mass is 9.83. The SMILES string of the molecule is O=C(Nc1ccc(F)c(Cl)c1)C1(c2cccs2)CCCC1. The van der Waals surface area contributed by atoms with Crippen molar-refractivity contribution < 1.29 is 9.18 Å². The zero-order valence-corrected chi connectivity index (χ0v) is 12.9. The van der Waals surface area contributed by atoms with Gasteiger partial charge in [-0.15, -0.1) is 11.3 Å². The normalized spacial score (nSPS) is 16.9. The van der Waals surface area contributed by atoms with Crippen LogP contribution >= 0.6 is 22.9 Å². The molecule has 2 aromatic rings. The fraction of sp³-hybridized carbons (Fsp3) is 0.312. The van der Waals surface area contributed by atoms with Crippen LogP contribution in [0.2, 0.25) is 5.02 Å². The molecule has 0 aliphatic heterocycles. The Morgan fingerprint density at radius 3 is 2.67 bits per heavy atom. The third kappa shape index (κ3) is 2.70. The predicted octanol–water partition coefficient (Wildman–Crippen LogP) is 4.99.